The van der Waals surface area contributed by atoms with Crippen LogP contribution in [0.5, 0.6) is 0 Å². The van der Waals surface area contributed by atoms with Crippen molar-refractivity contribution in [3.8, 4) is 0 Å². The second kappa shape index (κ2) is 9.97. The molecule has 2 saturated heterocycles. The Morgan fingerprint density at radius 3 is 2.38 bits per heavy atom. The number of nitro benzene ring substituents is 1. The standard InChI is InChI=1S/C20H32N4O4S/c1-2-3-4-5-10-21-11-13-22(14-12-21)20-16-23(29(27,28)17-20)15-18-6-8-19(9-7-18)24(25)26/h6-9,20H,2-5,10-17H2,1H3. The largest absolute Gasteiger partial charge is 0.301 e. The maximum Gasteiger partial charge on any atom is 0.269 e. The summed E-state index contributed by atoms with van der Waals surface area (Å²) >= 11 is 0. The third-order valence-corrected chi connectivity index (χ3v) is 7.84. The number of nitro groups is 1. The maximum atomic E-state index is 12.6. The van der Waals surface area contributed by atoms with E-state index < -0.39 is 14.9 Å². The van der Waals surface area contributed by atoms with Crippen molar-refractivity contribution in [2.45, 2.75) is 45.2 Å². The van der Waals surface area contributed by atoms with E-state index in [0.29, 0.717) is 6.54 Å². The molecule has 8 nitrogen and oxygen atoms in total. The molecule has 3 rings (SSSR count). The van der Waals surface area contributed by atoms with E-state index in [1.807, 2.05) is 0 Å². The zero-order chi connectivity index (χ0) is 20.9. The van der Waals surface area contributed by atoms with E-state index in [1.165, 1.54) is 42.1 Å². The van der Waals surface area contributed by atoms with Crippen LogP contribution in [0, 0.1) is 10.1 Å². The van der Waals surface area contributed by atoms with E-state index >= 15 is 0 Å². The number of sulfonamides is 1. The molecule has 0 amide bonds. The number of non-ortho nitro benzene ring substituents is 1. The van der Waals surface area contributed by atoms with E-state index in [2.05, 4.69) is 16.7 Å². The number of nitrogens with zero attached hydrogens (tertiary/aromatic N) is 4. The number of piperazine rings is 1. The van der Waals surface area contributed by atoms with Crippen LogP contribution in [-0.4, -0.2) is 78.5 Å². The third kappa shape index (κ3) is 5.97. The van der Waals surface area contributed by atoms with E-state index in [-0.39, 0.29) is 24.0 Å². The second-order valence-corrected chi connectivity index (χ2v) is 10.1. The highest BCUT2D eigenvalue weighted by molar-refractivity contribution is 7.89. The van der Waals surface area contributed by atoms with Gasteiger partial charge in [0.1, 0.15) is 0 Å². The van der Waals surface area contributed by atoms with Crippen LogP contribution in [0.2, 0.25) is 0 Å². The lowest BCUT2D eigenvalue weighted by atomic mass is 10.1. The van der Waals surface area contributed by atoms with Crippen LogP contribution in [0.3, 0.4) is 0 Å². The quantitative estimate of drug-likeness (QED) is 0.343. The number of hydrogen-bond acceptors (Lipinski definition) is 6. The van der Waals surface area contributed by atoms with Gasteiger partial charge >= 0.3 is 0 Å². The van der Waals surface area contributed by atoms with E-state index in [1.54, 1.807) is 12.1 Å². The van der Waals surface area contributed by atoms with Gasteiger partial charge in [-0.25, -0.2) is 8.42 Å². The lowest BCUT2D eigenvalue weighted by Crippen LogP contribution is -2.51. The van der Waals surface area contributed by atoms with Gasteiger partial charge in [0.2, 0.25) is 10.0 Å². The highest BCUT2D eigenvalue weighted by Gasteiger charge is 2.39. The average Bonchev–Trinajstić information content (AvgIpc) is 3.00. The van der Waals surface area contributed by atoms with Gasteiger partial charge in [0, 0.05) is 57.4 Å². The molecule has 162 valence electrons. The van der Waals surface area contributed by atoms with Crippen LogP contribution in [0.4, 0.5) is 5.69 Å². The third-order valence-electron chi connectivity index (χ3n) is 5.97. The summed E-state index contributed by atoms with van der Waals surface area (Å²) in [5.41, 5.74) is 0.792. The summed E-state index contributed by atoms with van der Waals surface area (Å²) in [4.78, 5) is 15.1. The normalized spacial score (nSPS) is 23.4. The van der Waals surface area contributed by atoms with Crippen molar-refractivity contribution in [2.24, 2.45) is 0 Å². The first-order valence-corrected chi connectivity index (χ1v) is 12.2. The Morgan fingerprint density at radius 2 is 1.76 bits per heavy atom. The van der Waals surface area contributed by atoms with Crippen molar-refractivity contribution in [1.82, 2.24) is 14.1 Å². The lowest BCUT2D eigenvalue weighted by Gasteiger charge is -2.37. The lowest BCUT2D eigenvalue weighted by molar-refractivity contribution is -0.384. The van der Waals surface area contributed by atoms with Crippen LogP contribution < -0.4 is 0 Å². The molecule has 1 atom stereocenters. The average molecular weight is 425 g/mol. The van der Waals surface area contributed by atoms with Crippen LogP contribution in [0.1, 0.15) is 38.2 Å². The maximum absolute atomic E-state index is 12.6. The molecule has 0 aromatic heterocycles. The fourth-order valence-corrected chi connectivity index (χ4v) is 5.93. The Labute approximate surface area is 173 Å². The zero-order valence-electron chi connectivity index (χ0n) is 17.2. The van der Waals surface area contributed by atoms with Gasteiger partial charge in [-0.3, -0.25) is 15.0 Å². The minimum atomic E-state index is -3.30. The van der Waals surface area contributed by atoms with Gasteiger partial charge in [-0.05, 0) is 18.5 Å². The van der Waals surface area contributed by atoms with Crippen molar-refractivity contribution >= 4 is 15.7 Å². The molecule has 2 fully saturated rings. The van der Waals surface area contributed by atoms with Crippen molar-refractivity contribution in [3.63, 3.8) is 0 Å². The number of rotatable bonds is 9. The van der Waals surface area contributed by atoms with Crippen molar-refractivity contribution in [3.05, 3.63) is 39.9 Å². The van der Waals surface area contributed by atoms with Crippen molar-refractivity contribution < 1.29 is 13.3 Å². The summed E-state index contributed by atoms with van der Waals surface area (Å²) in [7, 11) is -3.30. The van der Waals surface area contributed by atoms with Gasteiger partial charge in [-0.15, -0.1) is 0 Å². The zero-order valence-corrected chi connectivity index (χ0v) is 18.0. The predicted octanol–water partition coefficient (Wildman–Crippen LogP) is 2.31. The molecule has 0 saturated carbocycles. The molecule has 2 aliphatic heterocycles. The molecule has 1 aromatic rings. The van der Waals surface area contributed by atoms with Crippen LogP contribution in [0.25, 0.3) is 0 Å². The Kier molecular flexibility index (Phi) is 7.61. The Bertz CT molecular complexity index is 776. The summed E-state index contributed by atoms with van der Waals surface area (Å²) < 4.78 is 26.8. The summed E-state index contributed by atoms with van der Waals surface area (Å²) in [6.45, 7) is 7.97. The number of unbranched alkanes of at least 4 members (excludes halogenated alkanes) is 3. The van der Waals surface area contributed by atoms with Gasteiger partial charge in [0.05, 0.1) is 10.7 Å². The van der Waals surface area contributed by atoms with Crippen LogP contribution >= 0.6 is 0 Å². The molecule has 9 heteroatoms. The van der Waals surface area contributed by atoms with Crippen molar-refractivity contribution in [1.29, 1.82) is 0 Å². The van der Waals surface area contributed by atoms with Gasteiger partial charge in [0.25, 0.3) is 5.69 Å². The SMILES string of the molecule is CCCCCCN1CCN(C2CN(Cc3ccc([N+](=O)[O-])cc3)S(=O)(=O)C2)CC1. The summed E-state index contributed by atoms with van der Waals surface area (Å²) in [5, 5.41) is 10.8. The Morgan fingerprint density at radius 1 is 1.07 bits per heavy atom. The van der Waals surface area contributed by atoms with Gasteiger partial charge in [0.15, 0.2) is 0 Å². The number of hydrogen-bond donors (Lipinski definition) is 0. The minimum Gasteiger partial charge on any atom is -0.301 e. The Hall–Kier alpha value is -1.55. The highest BCUT2D eigenvalue weighted by atomic mass is 32.2. The van der Waals surface area contributed by atoms with Gasteiger partial charge < -0.3 is 4.90 Å². The van der Waals surface area contributed by atoms with E-state index in [4.69, 9.17) is 0 Å². The molecule has 2 aliphatic rings. The minimum absolute atomic E-state index is 0.0171. The molecule has 0 N–H and O–H groups in total. The van der Waals surface area contributed by atoms with Crippen LogP contribution in [-0.2, 0) is 16.6 Å². The molecule has 29 heavy (non-hydrogen) atoms. The van der Waals surface area contributed by atoms with Crippen molar-refractivity contribution in [2.75, 3.05) is 45.0 Å². The van der Waals surface area contributed by atoms with E-state index in [9.17, 15) is 18.5 Å². The smallest absolute Gasteiger partial charge is 0.269 e. The highest BCUT2D eigenvalue weighted by Crippen LogP contribution is 2.23. The number of benzene rings is 1. The topological polar surface area (TPSA) is 87.0 Å². The first kappa shape index (κ1) is 22.1. The predicted molar refractivity (Wildman–Crippen MR) is 113 cm³/mol. The molecule has 0 bridgehead atoms. The first-order valence-electron chi connectivity index (χ1n) is 10.6. The summed E-state index contributed by atoms with van der Waals surface area (Å²) in [5.74, 6) is 0.163. The summed E-state index contributed by atoms with van der Waals surface area (Å²) in [6, 6.07) is 6.15. The Balaban J connectivity index is 1.50. The van der Waals surface area contributed by atoms with Crippen LogP contribution in [0.15, 0.2) is 24.3 Å². The van der Waals surface area contributed by atoms with Gasteiger partial charge in [-0.1, -0.05) is 38.3 Å². The molecule has 2 heterocycles. The second-order valence-electron chi connectivity index (χ2n) is 8.09. The molecule has 0 spiro atoms. The molecule has 1 aromatic carbocycles. The monoisotopic (exact) mass is 424 g/mol. The fraction of sp³-hybridized carbons (Fsp3) is 0.700. The molecule has 0 radical (unpaired) electrons. The molecular formula is C20H32N4O4S. The molecular weight excluding hydrogens is 392 g/mol. The summed E-state index contributed by atoms with van der Waals surface area (Å²) in [6.07, 6.45) is 5.08. The fourth-order valence-electron chi connectivity index (χ4n) is 4.17. The van der Waals surface area contributed by atoms with Gasteiger partial charge in [-0.2, -0.15) is 4.31 Å². The van der Waals surface area contributed by atoms with E-state index in [0.717, 1.165) is 38.3 Å². The molecule has 0 aliphatic carbocycles. The first-order chi connectivity index (χ1) is 13.9. The molecule has 1 unspecified atom stereocenters.